The maximum absolute atomic E-state index is 9.10. The van der Waals surface area contributed by atoms with E-state index in [0.29, 0.717) is 0 Å². The van der Waals surface area contributed by atoms with E-state index in [4.69, 9.17) is 19.8 Å². The van der Waals surface area contributed by atoms with E-state index >= 15 is 0 Å². The fourth-order valence-corrected chi connectivity index (χ4v) is 4.52. The summed E-state index contributed by atoms with van der Waals surface area (Å²) < 4.78 is 0. The van der Waals surface area contributed by atoms with Gasteiger partial charge in [0.25, 0.3) is 0 Å². The molecule has 4 aromatic carbocycles. The average Bonchev–Trinajstić information content (AvgIpc) is 2.83. The zero-order valence-corrected chi connectivity index (χ0v) is 19.3. The Bertz CT molecular complexity index is 894. The third-order valence-electron chi connectivity index (χ3n) is 3.86. The molecule has 0 spiro atoms. The zero-order valence-electron chi connectivity index (χ0n) is 17.3. The van der Waals surface area contributed by atoms with Gasteiger partial charge in [0, 0.05) is 0 Å². The summed E-state index contributed by atoms with van der Waals surface area (Å²) in [6.45, 7) is 0. The van der Waals surface area contributed by atoms with Crippen molar-refractivity contribution in [1.82, 2.24) is 0 Å². The van der Waals surface area contributed by atoms with Crippen LogP contribution in [0.15, 0.2) is 121 Å². The second kappa shape index (κ2) is 14.6. The summed E-state index contributed by atoms with van der Waals surface area (Å²) in [5, 5.41) is 20.4. The number of carbonyl (C=O) groups is 2. The molecule has 0 fully saturated rings. The lowest BCUT2D eigenvalue weighted by atomic mass is 10.4. The Morgan fingerprint density at radius 1 is 0.406 bits per heavy atom. The van der Waals surface area contributed by atoms with Crippen LogP contribution in [0.4, 0.5) is 0 Å². The molecule has 0 aliphatic heterocycles. The maximum atomic E-state index is 9.10. The van der Waals surface area contributed by atoms with Gasteiger partial charge in [-0.15, -0.1) is 0 Å². The van der Waals surface area contributed by atoms with E-state index in [0.717, 1.165) is 17.2 Å². The third-order valence-corrected chi connectivity index (χ3v) is 6.34. The molecule has 4 rings (SSSR count). The molecule has 0 aliphatic carbocycles. The molecule has 2 N–H and O–H groups in total. The van der Waals surface area contributed by atoms with Crippen LogP contribution in [0.25, 0.3) is 0 Å². The van der Waals surface area contributed by atoms with Gasteiger partial charge in [0.2, 0.25) is 0 Å². The molecule has 4 aromatic rings. The summed E-state index contributed by atoms with van der Waals surface area (Å²) in [5.74, 6) is -3.65. The van der Waals surface area contributed by atoms with Crippen LogP contribution in [0.1, 0.15) is 0 Å². The van der Waals surface area contributed by atoms with Crippen molar-refractivity contribution in [2.75, 3.05) is 0 Å². The van der Waals surface area contributed by atoms with Gasteiger partial charge in [-0.25, -0.2) is 9.59 Å². The molecule has 0 aromatic heterocycles. The Kier molecular flexibility index (Phi) is 11.4. The number of carboxylic acids is 2. The van der Waals surface area contributed by atoms with Crippen molar-refractivity contribution in [1.29, 1.82) is 0 Å². The number of benzene rings is 4. The highest BCUT2D eigenvalue weighted by Gasteiger charge is 2.04. The Hall–Kier alpha value is -3.32. The fourth-order valence-electron chi connectivity index (χ4n) is 2.42. The van der Waals surface area contributed by atoms with Gasteiger partial charge in [0.05, 0.1) is 0 Å². The van der Waals surface area contributed by atoms with Gasteiger partial charge in [-0.1, -0.05) is 138 Å². The quantitative estimate of drug-likeness (QED) is 0.358. The number of rotatable bonds is 4. The SMILES string of the molecule is O=C(O)C(=O)O.c1ccc(Pc2ccccc2)cc1.c1ccc(Pc2ccccc2)cc1. The Labute approximate surface area is 191 Å². The van der Waals surface area contributed by atoms with Crippen molar-refractivity contribution >= 4 is 50.3 Å². The second-order valence-corrected chi connectivity index (χ2v) is 9.13. The van der Waals surface area contributed by atoms with Crippen molar-refractivity contribution in [2.45, 2.75) is 0 Å². The first-order chi connectivity index (χ1) is 15.5. The Balaban J connectivity index is 0.000000183. The predicted octanol–water partition coefficient (Wildman–Crippen LogP) is 3.79. The highest BCUT2D eigenvalue weighted by atomic mass is 31.1. The van der Waals surface area contributed by atoms with Crippen molar-refractivity contribution in [3.8, 4) is 0 Å². The van der Waals surface area contributed by atoms with E-state index < -0.39 is 11.9 Å². The molecule has 0 radical (unpaired) electrons. The highest BCUT2D eigenvalue weighted by Crippen LogP contribution is 2.09. The topological polar surface area (TPSA) is 74.6 Å². The second-order valence-electron chi connectivity index (χ2n) is 6.32. The number of carboxylic acid groups (broad SMARTS) is 2. The zero-order chi connectivity index (χ0) is 23.0. The van der Waals surface area contributed by atoms with Crippen LogP contribution >= 0.6 is 17.2 Å². The standard InChI is InChI=1S/2C12H11P.C2H2O4/c2*1-3-7-11(8-4-1)13-12-9-5-2-6-10-12;3-1(4)2(5)6/h2*1-10,13H;(H,3,4)(H,5,6). The molecule has 0 aliphatic rings. The molecule has 0 saturated carbocycles. The van der Waals surface area contributed by atoms with Crippen LogP contribution in [0.5, 0.6) is 0 Å². The molecular weight excluding hydrogens is 438 g/mol. The molecule has 32 heavy (non-hydrogen) atoms. The van der Waals surface area contributed by atoms with Gasteiger partial charge in [-0.05, 0) is 21.2 Å². The van der Waals surface area contributed by atoms with Crippen LogP contribution in [0, 0.1) is 0 Å². The first-order valence-corrected chi connectivity index (χ1v) is 11.7. The molecular formula is C26H24O4P2. The molecule has 0 unspecified atom stereocenters. The Morgan fingerprint density at radius 2 is 0.594 bits per heavy atom. The first kappa shape index (κ1) is 24.9. The lowest BCUT2D eigenvalue weighted by Crippen LogP contribution is -2.09. The van der Waals surface area contributed by atoms with Crippen LogP contribution in [-0.4, -0.2) is 22.2 Å². The third kappa shape index (κ3) is 10.6. The minimum absolute atomic E-state index is 0.777. The number of hydrogen-bond acceptors (Lipinski definition) is 2. The summed E-state index contributed by atoms with van der Waals surface area (Å²) in [6, 6.07) is 42.3. The van der Waals surface area contributed by atoms with Crippen molar-refractivity contribution in [2.24, 2.45) is 0 Å². The molecule has 6 heteroatoms. The lowest BCUT2D eigenvalue weighted by Gasteiger charge is -2.00. The average molecular weight is 462 g/mol. The first-order valence-electron chi connectivity index (χ1n) is 9.75. The van der Waals surface area contributed by atoms with E-state index in [1.54, 1.807) is 0 Å². The van der Waals surface area contributed by atoms with Gasteiger partial charge in [0.1, 0.15) is 0 Å². The van der Waals surface area contributed by atoms with Gasteiger partial charge in [-0.3, -0.25) is 0 Å². The normalized spacial score (nSPS) is 9.38. The monoisotopic (exact) mass is 462 g/mol. The summed E-state index contributed by atoms with van der Waals surface area (Å²) in [7, 11) is 1.55. The lowest BCUT2D eigenvalue weighted by molar-refractivity contribution is -0.159. The van der Waals surface area contributed by atoms with Gasteiger partial charge < -0.3 is 10.2 Å². The van der Waals surface area contributed by atoms with Crippen molar-refractivity contribution < 1.29 is 19.8 Å². The number of hydrogen-bond donors (Lipinski definition) is 2. The number of aliphatic carboxylic acids is 2. The van der Waals surface area contributed by atoms with E-state index in [1.807, 2.05) is 0 Å². The smallest absolute Gasteiger partial charge is 0.414 e. The Morgan fingerprint density at radius 3 is 0.750 bits per heavy atom. The molecule has 0 saturated heterocycles. The summed E-state index contributed by atoms with van der Waals surface area (Å²) in [5.41, 5.74) is 0. The van der Waals surface area contributed by atoms with Crippen LogP contribution in [0.3, 0.4) is 0 Å². The van der Waals surface area contributed by atoms with E-state index in [9.17, 15) is 0 Å². The fraction of sp³-hybridized carbons (Fsp3) is 0. The highest BCUT2D eigenvalue weighted by molar-refractivity contribution is 7.55. The van der Waals surface area contributed by atoms with E-state index in [1.165, 1.54) is 21.2 Å². The van der Waals surface area contributed by atoms with Crippen LogP contribution in [-0.2, 0) is 9.59 Å². The van der Waals surface area contributed by atoms with Crippen molar-refractivity contribution in [3.05, 3.63) is 121 Å². The molecule has 0 bridgehead atoms. The molecule has 4 nitrogen and oxygen atoms in total. The van der Waals surface area contributed by atoms with Gasteiger partial charge >= 0.3 is 11.9 Å². The molecule has 162 valence electrons. The molecule has 0 atom stereocenters. The van der Waals surface area contributed by atoms with Gasteiger partial charge in [-0.2, -0.15) is 0 Å². The molecule has 0 amide bonds. The van der Waals surface area contributed by atoms with Crippen LogP contribution < -0.4 is 21.2 Å². The predicted molar refractivity (Wildman–Crippen MR) is 136 cm³/mol. The largest absolute Gasteiger partial charge is 0.473 e. The molecule has 0 heterocycles. The summed E-state index contributed by atoms with van der Waals surface area (Å²) >= 11 is 0. The van der Waals surface area contributed by atoms with Gasteiger partial charge in [0.15, 0.2) is 0 Å². The van der Waals surface area contributed by atoms with Crippen LogP contribution in [0.2, 0.25) is 0 Å². The van der Waals surface area contributed by atoms with Crippen molar-refractivity contribution in [3.63, 3.8) is 0 Å². The maximum Gasteiger partial charge on any atom is 0.414 e. The van der Waals surface area contributed by atoms with E-state index in [-0.39, 0.29) is 0 Å². The minimum Gasteiger partial charge on any atom is -0.473 e. The minimum atomic E-state index is -1.82. The summed E-state index contributed by atoms with van der Waals surface area (Å²) in [4.78, 5) is 18.2. The van der Waals surface area contributed by atoms with E-state index in [2.05, 4.69) is 121 Å². The summed E-state index contributed by atoms with van der Waals surface area (Å²) in [6.07, 6.45) is 0.